The van der Waals surface area contributed by atoms with Crippen molar-refractivity contribution in [2.24, 2.45) is 0 Å². The van der Waals surface area contributed by atoms with Crippen LogP contribution in [-0.2, 0) is 4.74 Å². The first-order valence-corrected chi connectivity index (χ1v) is 10.7. The summed E-state index contributed by atoms with van der Waals surface area (Å²) in [5, 5.41) is 34.9. The zero-order valence-corrected chi connectivity index (χ0v) is 18.4. The Hall–Kier alpha value is -4.85. The Kier molecular flexibility index (Phi) is 5.13. The zero-order chi connectivity index (χ0) is 24.9. The van der Waals surface area contributed by atoms with Gasteiger partial charge in [-0.3, -0.25) is 14.9 Å². The number of amides is 1. The van der Waals surface area contributed by atoms with Crippen molar-refractivity contribution in [1.29, 1.82) is 0 Å². The molecule has 0 heterocycles. The normalized spacial score (nSPS) is 13.2. The van der Waals surface area contributed by atoms with E-state index < -0.39 is 41.0 Å². The molecule has 0 fully saturated rings. The fourth-order valence-electron chi connectivity index (χ4n) is 4.32. The summed E-state index contributed by atoms with van der Waals surface area (Å²) in [6.07, 6.45) is -2.02. The molecule has 0 saturated carbocycles. The smallest absolute Gasteiger partial charge is 0.412 e. The number of anilines is 1. The Bertz CT molecular complexity index is 1540. The highest BCUT2D eigenvalue weighted by atomic mass is 16.6. The molecular weight excluding hydrogens is 450 g/mol. The molecule has 0 unspecified atom stereocenters. The number of hydrogen-bond donors (Lipinski definition) is 4. The second-order valence-corrected chi connectivity index (χ2v) is 8.15. The lowest BCUT2D eigenvalue weighted by molar-refractivity contribution is 0.0979. The molecule has 4 aromatic rings. The fourth-order valence-corrected chi connectivity index (χ4v) is 4.32. The third kappa shape index (κ3) is 3.52. The summed E-state index contributed by atoms with van der Waals surface area (Å²) in [6, 6.07) is 17.5. The van der Waals surface area contributed by atoms with Gasteiger partial charge in [0.15, 0.2) is 23.1 Å². The number of phenols is 3. The maximum atomic E-state index is 13.1. The number of phenolic OH excluding ortho intramolecular Hbond substituents is 3. The lowest BCUT2D eigenvalue weighted by Gasteiger charge is -2.21. The minimum Gasteiger partial charge on any atom is -0.507 e. The van der Waals surface area contributed by atoms with Gasteiger partial charge in [0.05, 0.1) is 5.56 Å². The average molecular weight is 469 g/mol. The molecule has 0 radical (unpaired) electrons. The quantitative estimate of drug-likeness (QED) is 0.215. The van der Waals surface area contributed by atoms with Gasteiger partial charge in [-0.15, -0.1) is 0 Å². The molecule has 4 aromatic carbocycles. The summed E-state index contributed by atoms with van der Waals surface area (Å²) in [6.45, 7) is 1.41. The highest BCUT2D eigenvalue weighted by molar-refractivity contribution is 6.29. The van der Waals surface area contributed by atoms with Gasteiger partial charge in [-0.25, -0.2) is 4.79 Å². The van der Waals surface area contributed by atoms with Crippen LogP contribution in [0.1, 0.15) is 50.4 Å². The first-order valence-electron chi connectivity index (χ1n) is 10.7. The van der Waals surface area contributed by atoms with Crippen LogP contribution in [-0.4, -0.2) is 33.0 Å². The van der Waals surface area contributed by atoms with Crippen LogP contribution in [0.3, 0.4) is 0 Å². The highest BCUT2D eigenvalue weighted by Crippen LogP contribution is 2.48. The molecular formula is C27H19NO7. The molecule has 0 saturated heterocycles. The van der Waals surface area contributed by atoms with E-state index in [1.807, 2.05) is 0 Å². The SMILES string of the molecule is C[C@@H](OC(=O)Nc1ccccc1)c1c(O)c(O)c2cc3c(cc2c1O)C(=O)c1ccccc1C3=O. The molecule has 5 rings (SSSR count). The molecule has 1 atom stereocenters. The molecule has 35 heavy (non-hydrogen) atoms. The minimum atomic E-state index is -1.18. The van der Waals surface area contributed by atoms with Gasteiger partial charge in [0.1, 0.15) is 11.9 Å². The first-order chi connectivity index (χ1) is 16.8. The van der Waals surface area contributed by atoms with E-state index in [4.69, 9.17) is 4.74 Å². The molecule has 0 aliphatic heterocycles. The van der Waals surface area contributed by atoms with Gasteiger partial charge in [-0.2, -0.15) is 0 Å². The lowest BCUT2D eigenvalue weighted by atomic mass is 9.82. The third-order valence-electron chi connectivity index (χ3n) is 6.02. The third-order valence-corrected chi connectivity index (χ3v) is 6.02. The summed E-state index contributed by atoms with van der Waals surface area (Å²) in [7, 11) is 0. The molecule has 0 bridgehead atoms. The maximum absolute atomic E-state index is 13.1. The van der Waals surface area contributed by atoms with E-state index >= 15 is 0 Å². The number of carbonyl (C=O) groups is 3. The number of ether oxygens (including phenoxy) is 1. The van der Waals surface area contributed by atoms with Crippen molar-refractivity contribution in [3.05, 3.63) is 94.5 Å². The van der Waals surface area contributed by atoms with Crippen LogP contribution in [0.5, 0.6) is 17.2 Å². The van der Waals surface area contributed by atoms with Crippen LogP contribution < -0.4 is 5.32 Å². The largest absolute Gasteiger partial charge is 0.507 e. The average Bonchev–Trinajstić information content (AvgIpc) is 2.86. The second kappa shape index (κ2) is 8.18. The molecule has 1 aliphatic carbocycles. The summed E-state index contributed by atoms with van der Waals surface area (Å²) in [5.74, 6) is -2.62. The van der Waals surface area contributed by atoms with Crippen molar-refractivity contribution < 1.29 is 34.4 Å². The molecule has 4 N–H and O–H groups in total. The van der Waals surface area contributed by atoms with E-state index in [1.165, 1.54) is 19.1 Å². The number of hydrogen-bond acceptors (Lipinski definition) is 7. The maximum Gasteiger partial charge on any atom is 0.412 e. The lowest BCUT2D eigenvalue weighted by Crippen LogP contribution is -2.20. The fraction of sp³-hybridized carbons (Fsp3) is 0.0741. The number of benzene rings is 4. The predicted octanol–water partition coefficient (Wildman–Crippen LogP) is 5.04. The van der Waals surface area contributed by atoms with E-state index in [-0.39, 0.29) is 38.6 Å². The van der Waals surface area contributed by atoms with Crippen LogP contribution in [0.15, 0.2) is 66.7 Å². The zero-order valence-electron chi connectivity index (χ0n) is 18.4. The Morgan fingerprint density at radius 1 is 0.743 bits per heavy atom. The molecule has 174 valence electrons. The number of fused-ring (bicyclic) bond motifs is 3. The van der Waals surface area contributed by atoms with Crippen molar-refractivity contribution in [3.8, 4) is 17.2 Å². The highest BCUT2D eigenvalue weighted by Gasteiger charge is 2.32. The van der Waals surface area contributed by atoms with Crippen molar-refractivity contribution in [1.82, 2.24) is 0 Å². The van der Waals surface area contributed by atoms with Crippen LogP contribution in [0.4, 0.5) is 10.5 Å². The van der Waals surface area contributed by atoms with Crippen LogP contribution in [0, 0.1) is 0 Å². The van der Waals surface area contributed by atoms with Crippen molar-refractivity contribution in [3.63, 3.8) is 0 Å². The van der Waals surface area contributed by atoms with Gasteiger partial charge in [-0.05, 0) is 31.2 Å². The molecule has 0 spiro atoms. The summed E-state index contributed by atoms with van der Waals surface area (Å²) < 4.78 is 5.30. The topological polar surface area (TPSA) is 133 Å². The van der Waals surface area contributed by atoms with E-state index in [1.54, 1.807) is 54.6 Å². The van der Waals surface area contributed by atoms with Gasteiger partial charge in [0.2, 0.25) is 0 Å². The Labute approximate surface area is 199 Å². The molecule has 8 heteroatoms. The van der Waals surface area contributed by atoms with Gasteiger partial charge in [0, 0.05) is 38.7 Å². The number of carbonyl (C=O) groups excluding carboxylic acids is 3. The van der Waals surface area contributed by atoms with Crippen LogP contribution in [0.25, 0.3) is 10.8 Å². The van der Waals surface area contributed by atoms with Gasteiger partial charge >= 0.3 is 6.09 Å². The predicted molar refractivity (Wildman–Crippen MR) is 127 cm³/mol. The first kappa shape index (κ1) is 22.0. The summed E-state index contributed by atoms with van der Waals surface area (Å²) >= 11 is 0. The number of rotatable bonds is 3. The van der Waals surface area contributed by atoms with Crippen molar-refractivity contribution in [2.75, 3.05) is 5.32 Å². The Balaban J connectivity index is 1.57. The number of para-hydroxylation sites is 1. The number of ketones is 2. The van der Waals surface area contributed by atoms with Crippen LogP contribution >= 0.6 is 0 Å². The standard InChI is InChI=1S/C27H19NO7/c1-13(35-27(34)28-14-7-3-2-4-8-14)21-24(31)19-11-17-18(12-20(19)25(32)26(21)33)23(30)16-10-6-5-9-15(16)22(17)29/h2-13,31-33H,1H3,(H,28,34)/t13-/m1/s1. The van der Waals surface area contributed by atoms with Gasteiger partial charge in [-0.1, -0.05) is 42.5 Å². The Morgan fingerprint density at radius 3 is 1.83 bits per heavy atom. The van der Waals surface area contributed by atoms with E-state index in [2.05, 4.69) is 5.32 Å². The molecule has 1 amide bonds. The molecule has 8 nitrogen and oxygen atoms in total. The van der Waals surface area contributed by atoms with E-state index in [0.29, 0.717) is 5.69 Å². The number of nitrogens with one attached hydrogen (secondary N) is 1. The molecule has 0 aromatic heterocycles. The second-order valence-electron chi connectivity index (χ2n) is 8.15. The van der Waals surface area contributed by atoms with Gasteiger partial charge < -0.3 is 20.1 Å². The monoisotopic (exact) mass is 469 g/mol. The van der Waals surface area contributed by atoms with E-state index in [0.717, 1.165) is 0 Å². The summed E-state index contributed by atoms with van der Waals surface area (Å²) in [5.41, 5.74) is 0.821. The molecule has 1 aliphatic rings. The number of aromatic hydroxyl groups is 3. The summed E-state index contributed by atoms with van der Waals surface area (Å²) in [4.78, 5) is 38.4. The van der Waals surface area contributed by atoms with Crippen LogP contribution in [0.2, 0.25) is 0 Å². The van der Waals surface area contributed by atoms with Crippen molar-refractivity contribution >= 4 is 34.1 Å². The van der Waals surface area contributed by atoms with E-state index in [9.17, 15) is 29.7 Å². The minimum absolute atomic E-state index is 0.0218. The van der Waals surface area contributed by atoms with Gasteiger partial charge in [0.25, 0.3) is 0 Å². The Morgan fingerprint density at radius 2 is 1.26 bits per heavy atom. The van der Waals surface area contributed by atoms with Crippen molar-refractivity contribution in [2.45, 2.75) is 13.0 Å².